The molecule has 3 amide bonds. The predicted octanol–water partition coefficient (Wildman–Crippen LogP) is 2.74. The molecule has 2 heterocycles. The Labute approximate surface area is 160 Å². The molecule has 1 aliphatic carbocycles. The van der Waals surface area contributed by atoms with E-state index in [1.165, 1.54) is 29.0 Å². The zero-order valence-electron chi connectivity index (χ0n) is 14.9. The molecule has 7 heteroatoms. The maximum atomic E-state index is 11.7. The fraction of sp³-hybridized carbons (Fsp3) is 0.474. The lowest BCUT2D eigenvalue weighted by Crippen LogP contribution is -2.51. The molecule has 1 saturated heterocycles. The van der Waals surface area contributed by atoms with Gasteiger partial charge in [0.1, 0.15) is 0 Å². The van der Waals surface area contributed by atoms with Gasteiger partial charge in [0, 0.05) is 42.9 Å². The van der Waals surface area contributed by atoms with Gasteiger partial charge in [-0.05, 0) is 58.9 Å². The van der Waals surface area contributed by atoms with Crippen LogP contribution in [0.4, 0.5) is 4.79 Å². The lowest BCUT2D eigenvalue weighted by molar-refractivity contribution is -0.117. The first-order valence-corrected chi connectivity index (χ1v) is 9.78. The number of nitrogens with one attached hydrogen (secondary N) is 3. The van der Waals surface area contributed by atoms with Crippen LogP contribution in [0.2, 0.25) is 0 Å². The number of H-pyrrole nitrogens is 1. The minimum Gasteiger partial charge on any atom is -0.349 e. The van der Waals surface area contributed by atoms with Crippen LogP contribution in [0.25, 0.3) is 10.9 Å². The van der Waals surface area contributed by atoms with Gasteiger partial charge in [-0.3, -0.25) is 10.1 Å². The second-order valence-corrected chi connectivity index (χ2v) is 8.29. The minimum absolute atomic E-state index is 0.340. The number of fused-ring (bicyclic) bond motifs is 2. The van der Waals surface area contributed by atoms with Crippen LogP contribution < -0.4 is 10.6 Å². The lowest BCUT2D eigenvalue weighted by Gasteiger charge is -2.45. The number of halogens is 1. The van der Waals surface area contributed by atoms with Gasteiger partial charge < -0.3 is 15.2 Å². The van der Waals surface area contributed by atoms with Crippen LogP contribution in [0.15, 0.2) is 22.8 Å². The van der Waals surface area contributed by atoms with Crippen molar-refractivity contribution in [1.29, 1.82) is 0 Å². The van der Waals surface area contributed by atoms with E-state index in [4.69, 9.17) is 0 Å². The normalized spacial score (nSPS) is 25.0. The molecule has 138 valence electrons. The van der Waals surface area contributed by atoms with Crippen molar-refractivity contribution in [3.8, 4) is 0 Å². The lowest BCUT2D eigenvalue weighted by atomic mass is 9.72. The predicted molar refractivity (Wildman–Crippen MR) is 104 cm³/mol. The number of imide groups is 1. The molecule has 1 fully saturated rings. The van der Waals surface area contributed by atoms with E-state index < -0.39 is 6.03 Å². The molecule has 6 nitrogen and oxygen atoms in total. The van der Waals surface area contributed by atoms with Crippen LogP contribution in [0.5, 0.6) is 0 Å². The van der Waals surface area contributed by atoms with E-state index in [-0.39, 0.29) is 5.91 Å². The average Bonchev–Trinajstić information content (AvgIpc) is 2.90. The number of likely N-dealkylation sites (N-methyl/N-ethyl adjacent to an activating group) is 1. The molecular formula is C19H23BrN4O2. The molecule has 3 atom stereocenters. The van der Waals surface area contributed by atoms with Crippen molar-refractivity contribution in [1.82, 2.24) is 20.5 Å². The third kappa shape index (κ3) is 3.03. The van der Waals surface area contributed by atoms with E-state index >= 15 is 0 Å². The Kier molecular flexibility index (Phi) is 4.52. The Morgan fingerprint density at radius 2 is 2.19 bits per heavy atom. The van der Waals surface area contributed by atoms with Crippen LogP contribution >= 0.6 is 15.9 Å². The molecular weight excluding hydrogens is 396 g/mol. The van der Waals surface area contributed by atoms with Crippen molar-refractivity contribution >= 4 is 38.8 Å². The summed E-state index contributed by atoms with van der Waals surface area (Å²) in [5.74, 6) is 0.473. The van der Waals surface area contributed by atoms with Crippen molar-refractivity contribution in [2.75, 3.05) is 20.1 Å². The van der Waals surface area contributed by atoms with Crippen LogP contribution in [-0.2, 0) is 11.2 Å². The third-order valence-electron chi connectivity index (χ3n) is 5.73. The number of carbonyl (C=O) groups excluding carboxylic acids is 2. The highest BCUT2D eigenvalue weighted by Gasteiger charge is 2.40. The number of likely N-dealkylation sites (tertiary alicyclic amines) is 1. The molecule has 1 aliphatic heterocycles. The van der Waals surface area contributed by atoms with Crippen LogP contribution in [-0.4, -0.2) is 48.0 Å². The van der Waals surface area contributed by atoms with E-state index in [2.05, 4.69) is 61.7 Å². The first kappa shape index (κ1) is 17.5. The standard InChI is InChI=1S/C19H23BrN4O2/c1-10(25)22-19(26)21-8-11-6-13-12-4-3-5-15-17(12)14(18(20)23-15)7-16(13)24(2)9-11/h3-5,11,13,16,23H,6-9H2,1-2H3,(H2,21,22,25,26)/t11?,13-,16-/m1/s1. The Morgan fingerprint density at radius 3 is 2.96 bits per heavy atom. The molecule has 4 rings (SSSR count). The van der Waals surface area contributed by atoms with E-state index in [0.29, 0.717) is 24.4 Å². The summed E-state index contributed by atoms with van der Waals surface area (Å²) < 4.78 is 1.09. The van der Waals surface area contributed by atoms with Crippen molar-refractivity contribution in [3.63, 3.8) is 0 Å². The SMILES string of the molecule is CC(=O)NC(=O)NCC1C[C@@H]2c3cccc4[nH]c(Br)c(c34)C[C@H]2N(C)C1. The number of aromatic amines is 1. The Balaban J connectivity index is 1.56. The van der Waals surface area contributed by atoms with Crippen molar-refractivity contribution < 1.29 is 9.59 Å². The second-order valence-electron chi connectivity index (χ2n) is 7.50. The van der Waals surface area contributed by atoms with E-state index in [0.717, 1.165) is 24.0 Å². The third-order valence-corrected chi connectivity index (χ3v) is 6.40. The summed E-state index contributed by atoms with van der Waals surface area (Å²) in [6.45, 7) is 2.86. The highest BCUT2D eigenvalue weighted by molar-refractivity contribution is 9.10. The first-order valence-electron chi connectivity index (χ1n) is 8.98. The molecule has 2 aliphatic rings. The van der Waals surface area contributed by atoms with Crippen LogP contribution in [0, 0.1) is 5.92 Å². The van der Waals surface area contributed by atoms with Crippen LogP contribution in [0.3, 0.4) is 0 Å². The van der Waals surface area contributed by atoms with Gasteiger partial charge in [0.25, 0.3) is 0 Å². The summed E-state index contributed by atoms with van der Waals surface area (Å²) in [4.78, 5) is 28.6. The van der Waals surface area contributed by atoms with Crippen molar-refractivity contribution in [3.05, 3.63) is 33.9 Å². The smallest absolute Gasteiger partial charge is 0.321 e. The molecule has 3 N–H and O–H groups in total. The molecule has 0 bridgehead atoms. The zero-order valence-corrected chi connectivity index (χ0v) is 16.5. The van der Waals surface area contributed by atoms with Gasteiger partial charge in [-0.2, -0.15) is 0 Å². The number of urea groups is 1. The number of carbonyl (C=O) groups is 2. The van der Waals surface area contributed by atoms with E-state index in [1.54, 1.807) is 0 Å². The Hall–Kier alpha value is -1.86. The average molecular weight is 419 g/mol. The summed E-state index contributed by atoms with van der Waals surface area (Å²) in [5.41, 5.74) is 3.97. The Bertz CT molecular complexity index is 878. The fourth-order valence-corrected chi connectivity index (χ4v) is 5.26. The number of piperidine rings is 1. The summed E-state index contributed by atoms with van der Waals surface area (Å²) in [5, 5.41) is 6.46. The number of aromatic nitrogens is 1. The van der Waals surface area contributed by atoms with Crippen molar-refractivity contribution in [2.24, 2.45) is 5.92 Å². The van der Waals surface area contributed by atoms with Gasteiger partial charge in [0.05, 0.1) is 4.60 Å². The van der Waals surface area contributed by atoms with Crippen LogP contribution in [0.1, 0.15) is 30.4 Å². The molecule has 1 unspecified atom stereocenters. The number of rotatable bonds is 2. The zero-order chi connectivity index (χ0) is 18.4. The Morgan fingerprint density at radius 1 is 1.38 bits per heavy atom. The molecule has 0 spiro atoms. The van der Waals surface area contributed by atoms with Gasteiger partial charge >= 0.3 is 6.03 Å². The topological polar surface area (TPSA) is 77.2 Å². The van der Waals surface area contributed by atoms with Gasteiger partial charge in [0.15, 0.2) is 0 Å². The molecule has 1 aromatic carbocycles. The molecule has 26 heavy (non-hydrogen) atoms. The number of benzene rings is 1. The summed E-state index contributed by atoms with van der Waals surface area (Å²) in [6, 6.07) is 6.56. The van der Waals surface area contributed by atoms with Gasteiger partial charge in [-0.1, -0.05) is 12.1 Å². The maximum absolute atomic E-state index is 11.7. The molecule has 0 radical (unpaired) electrons. The monoisotopic (exact) mass is 418 g/mol. The van der Waals surface area contributed by atoms with Gasteiger partial charge in [-0.25, -0.2) is 4.79 Å². The largest absolute Gasteiger partial charge is 0.349 e. The summed E-state index contributed by atoms with van der Waals surface area (Å²) >= 11 is 3.69. The first-order chi connectivity index (χ1) is 12.4. The maximum Gasteiger partial charge on any atom is 0.321 e. The summed E-state index contributed by atoms with van der Waals surface area (Å²) in [6.07, 6.45) is 2.07. The van der Waals surface area contributed by atoms with Gasteiger partial charge in [-0.15, -0.1) is 0 Å². The van der Waals surface area contributed by atoms with Gasteiger partial charge in [0.2, 0.25) is 5.91 Å². The van der Waals surface area contributed by atoms with Crippen molar-refractivity contribution in [2.45, 2.75) is 31.7 Å². The number of hydrogen-bond donors (Lipinski definition) is 3. The molecule has 2 aromatic rings. The highest BCUT2D eigenvalue weighted by atomic mass is 79.9. The summed E-state index contributed by atoms with van der Waals surface area (Å²) in [7, 11) is 2.17. The second kappa shape index (κ2) is 6.70. The van der Waals surface area contributed by atoms with E-state index in [1.807, 2.05) is 0 Å². The molecule has 0 saturated carbocycles. The minimum atomic E-state index is -0.412. The highest BCUT2D eigenvalue weighted by Crippen LogP contribution is 2.46. The number of hydrogen-bond acceptors (Lipinski definition) is 3. The molecule has 1 aromatic heterocycles. The van der Waals surface area contributed by atoms with E-state index in [9.17, 15) is 9.59 Å². The quantitative estimate of drug-likeness (QED) is 0.701. The fourth-order valence-electron chi connectivity index (χ4n) is 4.69. The number of amides is 3. The number of nitrogens with zero attached hydrogens (tertiary/aromatic N) is 1.